The van der Waals surface area contributed by atoms with E-state index in [4.69, 9.17) is 0 Å². The van der Waals surface area contributed by atoms with Gasteiger partial charge >= 0.3 is 0 Å². The summed E-state index contributed by atoms with van der Waals surface area (Å²) in [5.74, 6) is 1.23. The molecule has 2 aliphatic carbocycles. The molecule has 29 heavy (non-hydrogen) atoms. The standard InChI is InChI=1S/C20H20FN5OS2/c1-11(29-20-25-24-17(13-2-3-13)26(20)15-8-9-15)18(27)23-19-22-16(10-28-19)12-4-6-14(21)7-5-12/h4-7,10-11,13,15H,2-3,8-9H2,1H3,(H,22,23,27). The first-order chi connectivity index (χ1) is 14.1. The van der Waals surface area contributed by atoms with E-state index in [9.17, 15) is 9.18 Å². The van der Waals surface area contributed by atoms with E-state index in [1.165, 1.54) is 48.1 Å². The predicted molar refractivity (Wildman–Crippen MR) is 112 cm³/mol. The molecule has 1 N–H and O–H groups in total. The second-order valence-corrected chi connectivity index (χ2v) is 9.68. The van der Waals surface area contributed by atoms with E-state index in [2.05, 4.69) is 25.1 Å². The molecule has 0 aliphatic heterocycles. The molecule has 9 heteroatoms. The van der Waals surface area contributed by atoms with Crippen LogP contribution in [0.2, 0.25) is 0 Å². The van der Waals surface area contributed by atoms with E-state index in [0.717, 1.165) is 29.4 Å². The van der Waals surface area contributed by atoms with Crippen LogP contribution in [-0.2, 0) is 4.79 Å². The lowest BCUT2D eigenvalue weighted by atomic mass is 10.2. The topological polar surface area (TPSA) is 72.7 Å². The average Bonchev–Trinajstić information content (AvgIpc) is 3.64. The van der Waals surface area contributed by atoms with Gasteiger partial charge in [-0.1, -0.05) is 11.8 Å². The number of aromatic nitrogens is 4. The Labute approximate surface area is 176 Å². The van der Waals surface area contributed by atoms with Gasteiger partial charge in [0.2, 0.25) is 5.91 Å². The van der Waals surface area contributed by atoms with Crippen molar-refractivity contribution < 1.29 is 9.18 Å². The van der Waals surface area contributed by atoms with Gasteiger partial charge in [0.1, 0.15) is 11.6 Å². The van der Waals surface area contributed by atoms with Gasteiger partial charge in [-0.25, -0.2) is 9.37 Å². The number of amides is 1. The van der Waals surface area contributed by atoms with Gasteiger partial charge in [0.05, 0.1) is 10.9 Å². The van der Waals surface area contributed by atoms with Crippen molar-refractivity contribution in [3.05, 3.63) is 41.3 Å². The van der Waals surface area contributed by atoms with Crippen molar-refractivity contribution in [1.82, 2.24) is 19.7 Å². The monoisotopic (exact) mass is 429 g/mol. The first-order valence-corrected chi connectivity index (χ1v) is 11.5. The van der Waals surface area contributed by atoms with E-state index < -0.39 is 0 Å². The zero-order valence-corrected chi connectivity index (χ0v) is 17.5. The Morgan fingerprint density at radius 1 is 1.24 bits per heavy atom. The molecule has 0 bridgehead atoms. The molecule has 1 aromatic carbocycles. The summed E-state index contributed by atoms with van der Waals surface area (Å²) < 4.78 is 15.3. The minimum absolute atomic E-state index is 0.117. The van der Waals surface area contributed by atoms with Gasteiger partial charge in [0.25, 0.3) is 0 Å². The lowest BCUT2D eigenvalue weighted by Crippen LogP contribution is -2.23. The lowest BCUT2D eigenvalue weighted by Gasteiger charge is -2.12. The highest BCUT2D eigenvalue weighted by Gasteiger charge is 2.37. The molecule has 1 amide bonds. The zero-order valence-electron chi connectivity index (χ0n) is 15.8. The summed E-state index contributed by atoms with van der Waals surface area (Å²) in [5, 5.41) is 14.6. The van der Waals surface area contributed by atoms with Crippen LogP contribution in [0.4, 0.5) is 9.52 Å². The Balaban J connectivity index is 1.25. The van der Waals surface area contributed by atoms with Crippen LogP contribution in [0.15, 0.2) is 34.8 Å². The van der Waals surface area contributed by atoms with Crippen LogP contribution in [0, 0.1) is 5.82 Å². The van der Waals surface area contributed by atoms with E-state index in [-0.39, 0.29) is 17.0 Å². The molecule has 1 atom stereocenters. The molecule has 5 rings (SSSR count). The minimum Gasteiger partial charge on any atom is -0.303 e. The molecular formula is C20H20FN5OS2. The van der Waals surface area contributed by atoms with Gasteiger partial charge in [0, 0.05) is 22.9 Å². The van der Waals surface area contributed by atoms with Crippen molar-refractivity contribution in [3.63, 3.8) is 0 Å². The first-order valence-electron chi connectivity index (χ1n) is 9.72. The van der Waals surface area contributed by atoms with Crippen molar-refractivity contribution in [2.45, 2.75) is 55.0 Å². The lowest BCUT2D eigenvalue weighted by molar-refractivity contribution is -0.115. The fourth-order valence-corrected chi connectivity index (χ4v) is 4.82. The van der Waals surface area contributed by atoms with Crippen molar-refractivity contribution in [2.75, 3.05) is 5.32 Å². The Morgan fingerprint density at radius 3 is 2.69 bits per heavy atom. The summed E-state index contributed by atoms with van der Waals surface area (Å²) in [5.41, 5.74) is 1.53. The number of hydrogen-bond acceptors (Lipinski definition) is 6. The Hall–Kier alpha value is -2.26. The number of halogens is 1. The Kier molecular flexibility index (Phi) is 4.87. The zero-order chi connectivity index (χ0) is 20.0. The van der Waals surface area contributed by atoms with Crippen LogP contribution >= 0.6 is 23.1 Å². The van der Waals surface area contributed by atoms with Crippen LogP contribution in [0.5, 0.6) is 0 Å². The van der Waals surface area contributed by atoms with Crippen LogP contribution in [-0.4, -0.2) is 30.9 Å². The number of rotatable bonds is 7. The van der Waals surface area contributed by atoms with Crippen LogP contribution < -0.4 is 5.32 Å². The molecule has 0 spiro atoms. The number of anilines is 1. The molecule has 1 unspecified atom stereocenters. The van der Waals surface area contributed by atoms with Gasteiger partial charge in [-0.05, 0) is 56.9 Å². The molecule has 2 heterocycles. The summed E-state index contributed by atoms with van der Waals surface area (Å²) in [6.07, 6.45) is 4.70. The third kappa shape index (κ3) is 4.06. The molecule has 2 aromatic heterocycles. The van der Waals surface area contributed by atoms with Crippen molar-refractivity contribution in [3.8, 4) is 11.3 Å². The molecular weight excluding hydrogens is 409 g/mol. The third-order valence-electron chi connectivity index (χ3n) is 5.07. The van der Waals surface area contributed by atoms with Gasteiger partial charge in [-0.3, -0.25) is 4.79 Å². The molecule has 3 aromatic rings. The van der Waals surface area contributed by atoms with Crippen molar-refractivity contribution in [1.29, 1.82) is 0 Å². The maximum Gasteiger partial charge on any atom is 0.239 e. The van der Waals surface area contributed by atoms with E-state index >= 15 is 0 Å². The summed E-state index contributed by atoms with van der Waals surface area (Å²) >= 11 is 2.80. The minimum atomic E-state index is -0.318. The molecule has 2 fully saturated rings. The van der Waals surface area contributed by atoms with Crippen LogP contribution in [0.3, 0.4) is 0 Å². The average molecular weight is 430 g/mol. The summed E-state index contributed by atoms with van der Waals surface area (Å²) in [6, 6.07) is 6.65. The Bertz CT molecular complexity index is 1040. The van der Waals surface area contributed by atoms with Crippen molar-refractivity contribution in [2.24, 2.45) is 0 Å². The highest BCUT2D eigenvalue weighted by molar-refractivity contribution is 8.00. The molecule has 0 radical (unpaired) electrons. The summed E-state index contributed by atoms with van der Waals surface area (Å²) in [7, 11) is 0. The first kappa shape index (κ1) is 18.7. The van der Waals surface area contributed by atoms with E-state index in [0.29, 0.717) is 22.8 Å². The highest BCUT2D eigenvalue weighted by Crippen LogP contribution is 2.46. The molecule has 2 aliphatic rings. The van der Waals surface area contributed by atoms with Gasteiger partial charge in [-0.15, -0.1) is 21.5 Å². The van der Waals surface area contributed by atoms with E-state index in [1.807, 2.05) is 12.3 Å². The number of carbonyl (C=O) groups excluding carboxylic acids is 1. The van der Waals surface area contributed by atoms with Gasteiger partial charge in [-0.2, -0.15) is 0 Å². The quantitative estimate of drug-likeness (QED) is 0.542. The number of thioether (sulfide) groups is 1. The summed E-state index contributed by atoms with van der Waals surface area (Å²) in [6.45, 7) is 1.87. The van der Waals surface area contributed by atoms with Crippen molar-refractivity contribution >= 4 is 34.1 Å². The Morgan fingerprint density at radius 2 is 2.00 bits per heavy atom. The fraction of sp³-hybridized carbons (Fsp3) is 0.400. The number of thiazole rings is 1. The number of carbonyl (C=O) groups is 1. The second kappa shape index (κ2) is 7.53. The number of nitrogens with zero attached hydrogens (tertiary/aromatic N) is 4. The van der Waals surface area contributed by atoms with Crippen LogP contribution in [0.25, 0.3) is 11.3 Å². The highest BCUT2D eigenvalue weighted by atomic mass is 32.2. The second-order valence-electron chi connectivity index (χ2n) is 7.51. The van der Waals surface area contributed by atoms with Gasteiger partial charge in [0.15, 0.2) is 10.3 Å². The number of nitrogens with one attached hydrogen (secondary N) is 1. The predicted octanol–water partition coefficient (Wildman–Crippen LogP) is 4.87. The molecule has 2 saturated carbocycles. The number of hydrogen-bond donors (Lipinski definition) is 1. The van der Waals surface area contributed by atoms with E-state index in [1.54, 1.807) is 12.1 Å². The van der Waals surface area contributed by atoms with Gasteiger partial charge < -0.3 is 9.88 Å². The normalized spacial score (nSPS) is 17.3. The largest absolute Gasteiger partial charge is 0.303 e. The van der Waals surface area contributed by atoms with Crippen LogP contribution in [0.1, 0.15) is 50.4 Å². The summed E-state index contributed by atoms with van der Waals surface area (Å²) in [4.78, 5) is 17.1. The SMILES string of the molecule is CC(Sc1nnc(C2CC2)n1C1CC1)C(=O)Nc1nc(-c2ccc(F)cc2)cs1. The third-order valence-corrected chi connectivity index (χ3v) is 6.89. The maximum absolute atomic E-state index is 13.1. The molecule has 0 saturated heterocycles. The molecule has 6 nitrogen and oxygen atoms in total. The molecule has 150 valence electrons. The fourth-order valence-electron chi connectivity index (χ4n) is 3.17. The number of benzene rings is 1. The maximum atomic E-state index is 13.1. The smallest absolute Gasteiger partial charge is 0.239 e.